The van der Waals surface area contributed by atoms with Gasteiger partial charge in [0.25, 0.3) is 0 Å². The van der Waals surface area contributed by atoms with Gasteiger partial charge in [-0.2, -0.15) is 0 Å². The van der Waals surface area contributed by atoms with E-state index in [9.17, 15) is 23.5 Å². The molecule has 1 aliphatic carbocycles. The quantitative estimate of drug-likeness (QED) is 0.871. The molecule has 1 aliphatic heterocycles. The molecule has 0 radical (unpaired) electrons. The maximum Gasteiger partial charge on any atom is 0.341 e. The van der Waals surface area contributed by atoms with Crippen LogP contribution in [0, 0.1) is 5.82 Å². The molecule has 0 spiro atoms. The molecule has 3 N–H and O–H groups in total. The summed E-state index contributed by atoms with van der Waals surface area (Å²) in [6.45, 7) is 0.307. The van der Waals surface area contributed by atoms with Gasteiger partial charge in [0, 0.05) is 42.8 Å². The first-order valence-electron chi connectivity index (χ1n) is 8.33. The lowest BCUT2D eigenvalue weighted by atomic mass is 10.0. The zero-order valence-corrected chi connectivity index (χ0v) is 13.8. The molecule has 26 heavy (non-hydrogen) atoms. The summed E-state index contributed by atoms with van der Waals surface area (Å²) in [7, 11) is 0. The number of carbonyl (C=O) groups is 1. The van der Waals surface area contributed by atoms with Gasteiger partial charge in [0.05, 0.1) is 11.2 Å². The van der Waals surface area contributed by atoms with Gasteiger partial charge in [0.15, 0.2) is 0 Å². The van der Waals surface area contributed by atoms with Crippen molar-refractivity contribution < 1.29 is 18.7 Å². The molecule has 8 heteroatoms. The van der Waals surface area contributed by atoms with Gasteiger partial charge in [-0.15, -0.1) is 0 Å². The normalized spacial score (nSPS) is 16.7. The van der Waals surface area contributed by atoms with E-state index in [1.165, 1.54) is 6.20 Å². The first-order chi connectivity index (χ1) is 12.4. The topological polar surface area (TPSA) is 88.6 Å². The fraction of sp³-hybridized carbons (Fsp3) is 0.333. The lowest BCUT2D eigenvalue weighted by Gasteiger charge is -2.36. The number of nitrogens with zero attached hydrogens (tertiary/aromatic N) is 2. The predicted molar refractivity (Wildman–Crippen MR) is 92.8 cm³/mol. The van der Waals surface area contributed by atoms with Gasteiger partial charge < -0.3 is 20.3 Å². The summed E-state index contributed by atoms with van der Waals surface area (Å²) in [6.07, 6.45) is 3.09. The lowest BCUT2D eigenvalue weighted by Crippen LogP contribution is -2.42. The largest absolute Gasteiger partial charge is 0.477 e. The highest BCUT2D eigenvalue weighted by Gasteiger charge is 2.30. The second-order valence-corrected chi connectivity index (χ2v) is 6.70. The molecule has 0 amide bonds. The van der Waals surface area contributed by atoms with Crippen molar-refractivity contribution in [2.45, 2.75) is 18.9 Å². The van der Waals surface area contributed by atoms with Gasteiger partial charge in [0.1, 0.15) is 17.2 Å². The molecule has 2 heterocycles. The summed E-state index contributed by atoms with van der Waals surface area (Å²) in [5, 5.41) is 9.29. The van der Waals surface area contributed by atoms with Crippen LogP contribution in [0.2, 0.25) is 0 Å². The van der Waals surface area contributed by atoms with Crippen LogP contribution >= 0.6 is 0 Å². The van der Waals surface area contributed by atoms with E-state index in [2.05, 4.69) is 0 Å². The Morgan fingerprint density at radius 3 is 2.58 bits per heavy atom. The Morgan fingerprint density at radius 2 is 2.00 bits per heavy atom. The molecule has 0 atom stereocenters. The van der Waals surface area contributed by atoms with Crippen molar-refractivity contribution in [2.24, 2.45) is 5.73 Å². The summed E-state index contributed by atoms with van der Waals surface area (Å²) in [4.78, 5) is 25.4. The number of benzene rings is 1. The molecular formula is C18H17F2N3O3. The molecule has 2 aromatic rings. The minimum atomic E-state index is -1.33. The molecule has 4 rings (SSSR count). The summed E-state index contributed by atoms with van der Waals surface area (Å²) < 4.78 is 29.8. The van der Waals surface area contributed by atoms with Crippen LogP contribution in [0.4, 0.5) is 14.5 Å². The van der Waals surface area contributed by atoms with Crippen LogP contribution in [-0.2, 0) is 0 Å². The van der Waals surface area contributed by atoms with E-state index >= 15 is 0 Å². The van der Waals surface area contributed by atoms with Crippen LogP contribution in [0.3, 0.4) is 0 Å². The standard InChI is InChI=1S/C18H17F2N3O3/c19-13-3-11-15(4-16(13)22-6-9(7-22)14(20)5-21)23(10-1-2-10)8-12(17(11)24)18(25)26/h3-4,8,10H,1-2,5-7,21H2,(H,25,26). The maximum atomic E-state index is 14.6. The molecular weight excluding hydrogens is 344 g/mol. The van der Waals surface area contributed by atoms with Crippen LogP contribution in [-0.4, -0.2) is 35.3 Å². The highest BCUT2D eigenvalue weighted by atomic mass is 19.1. The zero-order chi connectivity index (χ0) is 18.6. The number of rotatable bonds is 4. The fourth-order valence-corrected chi connectivity index (χ4v) is 3.31. The average Bonchev–Trinajstić information content (AvgIpc) is 3.39. The van der Waals surface area contributed by atoms with Crippen LogP contribution in [0.25, 0.3) is 10.9 Å². The molecule has 6 nitrogen and oxygen atoms in total. The Balaban J connectivity index is 1.84. The Kier molecular flexibility index (Phi) is 3.80. The summed E-state index contributed by atoms with van der Waals surface area (Å²) >= 11 is 0. The van der Waals surface area contributed by atoms with E-state index in [1.54, 1.807) is 15.5 Å². The molecule has 0 bridgehead atoms. The monoisotopic (exact) mass is 361 g/mol. The highest BCUT2D eigenvalue weighted by Crippen LogP contribution is 2.39. The van der Waals surface area contributed by atoms with Gasteiger partial charge >= 0.3 is 5.97 Å². The van der Waals surface area contributed by atoms with Gasteiger partial charge in [0.2, 0.25) is 5.43 Å². The van der Waals surface area contributed by atoms with E-state index in [-0.39, 0.29) is 48.1 Å². The van der Waals surface area contributed by atoms with E-state index in [0.29, 0.717) is 11.1 Å². The SMILES string of the molecule is NCC(F)=C1CN(c2cc3c(cc2F)c(=O)c(C(=O)O)cn3C2CC2)C1. The van der Waals surface area contributed by atoms with E-state index in [0.717, 1.165) is 18.9 Å². The van der Waals surface area contributed by atoms with Crippen LogP contribution in [0.1, 0.15) is 29.2 Å². The second kappa shape index (κ2) is 5.91. The number of anilines is 1. The third-order valence-electron chi connectivity index (χ3n) is 4.94. The first-order valence-corrected chi connectivity index (χ1v) is 8.33. The second-order valence-electron chi connectivity index (χ2n) is 6.70. The minimum absolute atomic E-state index is 0.0440. The van der Waals surface area contributed by atoms with Gasteiger partial charge in [-0.3, -0.25) is 4.79 Å². The molecule has 136 valence electrons. The Bertz CT molecular complexity index is 1020. The zero-order valence-electron chi connectivity index (χ0n) is 13.8. The molecule has 1 saturated carbocycles. The van der Waals surface area contributed by atoms with Gasteiger partial charge in [-0.25, -0.2) is 13.6 Å². The third kappa shape index (κ3) is 2.57. The minimum Gasteiger partial charge on any atom is -0.477 e. The number of aromatic carboxylic acids is 1. The molecule has 2 fully saturated rings. The van der Waals surface area contributed by atoms with Gasteiger partial charge in [-0.1, -0.05) is 0 Å². The lowest BCUT2D eigenvalue weighted by molar-refractivity contribution is 0.0695. The first kappa shape index (κ1) is 16.7. The number of hydrogen-bond donors (Lipinski definition) is 2. The molecule has 1 saturated heterocycles. The number of aromatic nitrogens is 1. The number of pyridine rings is 1. The number of hydrogen-bond acceptors (Lipinski definition) is 4. The Labute approximate surface area is 147 Å². The third-order valence-corrected chi connectivity index (χ3v) is 4.94. The maximum absolute atomic E-state index is 14.6. The molecule has 2 aliphatic rings. The van der Waals surface area contributed by atoms with Crippen LogP contribution in [0.5, 0.6) is 0 Å². The highest BCUT2D eigenvalue weighted by molar-refractivity contribution is 5.93. The van der Waals surface area contributed by atoms with E-state index < -0.39 is 17.2 Å². The van der Waals surface area contributed by atoms with Crippen molar-refractivity contribution >= 4 is 22.6 Å². The number of fused-ring (bicyclic) bond motifs is 1. The van der Waals surface area contributed by atoms with Crippen molar-refractivity contribution in [1.29, 1.82) is 0 Å². The Hall–Kier alpha value is -2.74. The molecule has 0 unspecified atom stereocenters. The van der Waals surface area contributed by atoms with Crippen molar-refractivity contribution in [1.82, 2.24) is 4.57 Å². The predicted octanol–water partition coefficient (Wildman–Crippen LogP) is 2.18. The van der Waals surface area contributed by atoms with Crippen molar-refractivity contribution in [3.63, 3.8) is 0 Å². The summed E-state index contributed by atoms with van der Waals surface area (Å²) in [5.74, 6) is -2.35. The van der Waals surface area contributed by atoms with Crippen LogP contribution < -0.4 is 16.1 Å². The molecule has 1 aromatic carbocycles. The van der Waals surface area contributed by atoms with Crippen molar-refractivity contribution in [3.8, 4) is 0 Å². The number of nitrogens with two attached hydrogens (primary N) is 1. The number of halogens is 2. The average molecular weight is 361 g/mol. The van der Waals surface area contributed by atoms with Gasteiger partial charge in [-0.05, 0) is 25.0 Å². The van der Waals surface area contributed by atoms with Crippen molar-refractivity contribution in [3.05, 3.63) is 51.3 Å². The smallest absolute Gasteiger partial charge is 0.341 e. The number of carboxylic acid groups (broad SMARTS) is 1. The fourth-order valence-electron chi connectivity index (χ4n) is 3.31. The molecule has 1 aromatic heterocycles. The van der Waals surface area contributed by atoms with E-state index in [1.807, 2.05) is 0 Å². The Morgan fingerprint density at radius 1 is 1.31 bits per heavy atom. The van der Waals surface area contributed by atoms with E-state index in [4.69, 9.17) is 5.73 Å². The number of carboxylic acids is 1. The summed E-state index contributed by atoms with van der Waals surface area (Å²) in [5.41, 5.74) is 5.51. The van der Waals surface area contributed by atoms with Crippen LogP contribution in [0.15, 0.2) is 34.5 Å². The summed E-state index contributed by atoms with van der Waals surface area (Å²) in [6, 6.07) is 2.74. The van der Waals surface area contributed by atoms with Crippen molar-refractivity contribution in [2.75, 3.05) is 24.5 Å².